The second kappa shape index (κ2) is 6.67. The van der Waals surface area contributed by atoms with Gasteiger partial charge in [-0.25, -0.2) is 9.69 Å². The molecule has 0 aliphatic carbocycles. The van der Waals surface area contributed by atoms with Crippen molar-refractivity contribution in [3.8, 4) is 0 Å². The molecule has 2 amide bonds. The van der Waals surface area contributed by atoms with E-state index in [2.05, 4.69) is 10.3 Å². The number of imide groups is 1. The third kappa shape index (κ3) is 3.32. The number of pyridine rings is 1. The van der Waals surface area contributed by atoms with Crippen LogP contribution in [0.2, 0.25) is 0 Å². The van der Waals surface area contributed by atoms with Crippen molar-refractivity contribution in [3.63, 3.8) is 0 Å². The molecule has 0 spiro atoms. The first-order valence-electron chi connectivity index (χ1n) is 9.41. The maximum atomic E-state index is 13.3. The zero-order chi connectivity index (χ0) is 21.1. The second-order valence-electron chi connectivity index (χ2n) is 8.25. The van der Waals surface area contributed by atoms with Crippen molar-refractivity contribution in [3.05, 3.63) is 34.8 Å². The molecule has 3 heterocycles. The number of nitrogens with one attached hydrogen (secondary N) is 1. The Morgan fingerprint density at radius 3 is 2.69 bits per heavy atom. The van der Waals surface area contributed by atoms with Crippen molar-refractivity contribution in [1.82, 2.24) is 9.88 Å². The highest BCUT2D eigenvalue weighted by Crippen LogP contribution is 2.42. The summed E-state index contributed by atoms with van der Waals surface area (Å²) in [4.78, 5) is 32.0. The van der Waals surface area contributed by atoms with Gasteiger partial charge in [0.1, 0.15) is 16.7 Å². The van der Waals surface area contributed by atoms with Gasteiger partial charge in [0.05, 0.1) is 17.2 Å². The Morgan fingerprint density at radius 2 is 2.00 bits per heavy atom. The molecule has 0 saturated carbocycles. The van der Waals surface area contributed by atoms with Crippen LogP contribution in [-0.4, -0.2) is 44.9 Å². The summed E-state index contributed by atoms with van der Waals surface area (Å²) in [5.74, 6) is -0.486. The zero-order valence-electron chi connectivity index (χ0n) is 16.9. The van der Waals surface area contributed by atoms with E-state index in [0.29, 0.717) is 10.6 Å². The van der Waals surface area contributed by atoms with Crippen LogP contribution in [0.5, 0.6) is 0 Å². The lowest BCUT2D eigenvalue weighted by atomic mass is 10.1. The number of carbonyl (C=O) groups excluding carboxylic acids is 2. The normalized spacial score (nSPS) is 19.8. The lowest BCUT2D eigenvalue weighted by molar-refractivity contribution is 0.00604. The molecular weight excluding hydrogens is 390 g/mol. The van der Waals surface area contributed by atoms with Gasteiger partial charge < -0.3 is 15.2 Å². The van der Waals surface area contributed by atoms with E-state index in [-0.39, 0.29) is 0 Å². The van der Waals surface area contributed by atoms with E-state index in [9.17, 15) is 14.7 Å². The van der Waals surface area contributed by atoms with E-state index in [0.717, 1.165) is 31.6 Å². The average Bonchev–Trinajstić information content (AvgIpc) is 2.94. The lowest BCUT2D eigenvalue weighted by Gasteiger charge is -2.30. The zero-order valence-corrected chi connectivity index (χ0v) is 17.8. The van der Waals surface area contributed by atoms with Crippen LogP contribution in [0.1, 0.15) is 43.1 Å². The average molecular weight is 413 g/mol. The van der Waals surface area contributed by atoms with Crippen molar-refractivity contribution in [2.45, 2.75) is 52.5 Å². The minimum absolute atomic E-state index is 0.363. The molecular formula is C21H23N3O4S. The highest BCUT2D eigenvalue weighted by Gasteiger charge is 2.40. The Kier molecular flexibility index (Phi) is 4.51. The van der Waals surface area contributed by atoms with Gasteiger partial charge in [-0.05, 0) is 52.8 Å². The topological polar surface area (TPSA) is 91.8 Å². The first-order valence-corrected chi connectivity index (χ1v) is 10.2. The highest BCUT2D eigenvalue weighted by molar-refractivity contribution is 7.21. The van der Waals surface area contributed by atoms with Crippen molar-refractivity contribution < 1.29 is 19.4 Å². The van der Waals surface area contributed by atoms with Crippen molar-refractivity contribution in [2.24, 2.45) is 0 Å². The van der Waals surface area contributed by atoms with Crippen LogP contribution in [-0.2, 0) is 4.74 Å². The minimum Gasteiger partial charge on any atom is -0.443 e. The maximum Gasteiger partial charge on any atom is 0.417 e. The van der Waals surface area contributed by atoms with E-state index in [1.165, 1.54) is 11.3 Å². The molecule has 0 radical (unpaired) electrons. The van der Waals surface area contributed by atoms with E-state index < -0.39 is 29.9 Å². The summed E-state index contributed by atoms with van der Waals surface area (Å²) in [6.45, 7) is 8.74. The molecule has 2 atom stereocenters. The fourth-order valence-electron chi connectivity index (χ4n) is 3.46. The molecule has 8 heteroatoms. The van der Waals surface area contributed by atoms with Crippen molar-refractivity contribution >= 4 is 50.0 Å². The molecule has 152 valence electrons. The van der Waals surface area contributed by atoms with Crippen LogP contribution < -0.4 is 5.32 Å². The summed E-state index contributed by atoms with van der Waals surface area (Å²) in [7, 11) is 0. The number of rotatable bonds is 0. The number of ether oxygens (including phenoxy) is 1. The van der Waals surface area contributed by atoms with Crippen molar-refractivity contribution in [2.75, 3.05) is 5.32 Å². The van der Waals surface area contributed by atoms with Crippen LogP contribution >= 0.6 is 11.3 Å². The third-order valence-corrected chi connectivity index (χ3v) is 5.96. The standard InChI is InChI=1S/C21H23N3O4S/c1-10-6-7-12-13(22-10)8-9-14-15(12)16-17(29-14)19(26)24(11(2)18(25)23-16)20(27)28-21(3,4)5/h6-9,11,18,23,25H,1-5H3/t11-,18?/m0/s1. The SMILES string of the molecule is Cc1ccc2c(ccc3sc4c(c32)NC(O)[C@H](C)N(C(=O)OC(C)(C)C)C4=O)n1. The monoisotopic (exact) mass is 413 g/mol. The van der Waals surface area contributed by atoms with Crippen LogP contribution in [0.4, 0.5) is 10.5 Å². The summed E-state index contributed by atoms with van der Waals surface area (Å²) in [6.07, 6.45) is -1.91. The van der Waals surface area contributed by atoms with Crippen LogP contribution in [0, 0.1) is 6.92 Å². The van der Waals surface area contributed by atoms with Gasteiger partial charge in [0.15, 0.2) is 0 Å². The Hall–Kier alpha value is -2.71. The number of aromatic nitrogens is 1. The number of thiophene rings is 1. The van der Waals surface area contributed by atoms with Gasteiger partial charge in [0.2, 0.25) is 0 Å². The molecule has 4 rings (SSSR count). The maximum absolute atomic E-state index is 13.3. The third-order valence-electron chi connectivity index (χ3n) is 4.82. The molecule has 1 aliphatic rings. The molecule has 7 nitrogen and oxygen atoms in total. The summed E-state index contributed by atoms with van der Waals surface area (Å²) >= 11 is 1.28. The molecule has 1 unspecified atom stereocenters. The largest absolute Gasteiger partial charge is 0.443 e. The minimum atomic E-state index is -1.14. The molecule has 2 N–H and O–H groups in total. The molecule has 3 aromatic rings. The number of aliphatic hydroxyl groups excluding tert-OH is 1. The number of hydrogen-bond acceptors (Lipinski definition) is 7. The van der Waals surface area contributed by atoms with Crippen LogP contribution in [0.3, 0.4) is 0 Å². The van der Waals surface area contributed by atoms with Crippen LogP contribution in [0.25, 0.3) is 21.0 Å². The summed E-state index contributed by atoms with van der Waals surface area (Å²) in [5.41, 5.74) is 1.47. The number of carbonyl (C=O) groups is 2. The Bertz CT molecular complexity index is 1150. The number of nitrogens with zero attached hydrogens (tertiary/aromatic N) is 2. The molecule has 0 saturated heterocycles. The number of fused-ring (bicyclic) bond motifs is 5. The summed E-state index contributed by atoms with van der Waals surface area (Å²) < 4.78 is 6.29. The summed E-state index contributed by atoms with van der Waals surface area (Å²) in [6, 6.07) is 6.89. The Balaban J connectivity index is 1.90. The number of anilines is 1. The number of amides is 2. The molecule has 2 aromatic heterocycles. The van der Waals surface area contributed by atoms with Gasteiger partial charge >= 0.3 is 6.09 Å². The smallest absolute Gasteiger partial charge is 0.417 e. The number of benzene rings is 1. The van der Waals surface area contributed by atoms with Gasteiger partial charge in [-0.15, -0.1) is 11.3 Å². The lowest BCUT2D eigenvalue weighted by Crippen LogP contribution is -2.50. The van der Waals surface area contributed by atoms with Gasteiger partial charge in [-0.3, -0.25) is 9.78 Å². The fourth-order valence-corrected chi connectivity index (χ4v) is 4.57. The molecule has 1 aliphatic heterocycles. The number of aryl methyl sites for hydroxylation is 1. The first kappa shape index (κ1) is 19.6. The van der Waals surface area contributed by atoms with Gasteiger partial charge in [0.25, 0.3) is 5.91 Å². The molecule has 0 fully saturated rings. The predicted octanol–water partition coefficient (Wildman–Crippen LogP) is 4.27. The second-order valence-corrected chi connectivity index (χ2v) is 9.30. The van der Waals surface area contributed by atoms with E-state index in [4.69, 9.17) is 4.74 Å². The van der Waals surface area contributed by atoms with E-state index in [1.807, 2.05) is 31.2 Å². The van der Waals surface area contributed by atoms with Crippen LogP contribution in [0.15, 0.2) is 24.3 Å². The highest BCUT2D eigenvalue weighted by atomic mass is 32.1. The van der Waals surface area contributed by atoms with Gasteiger partial charge in [-0.2, -0.15) is 0 Å². The Labute approximate surface area is 172 Å². The predicted molar refractivity (Wildman–Crippen MR) is 113 cm³/mol. The quantitative estimate of drug-likeness (QED) is 0.572. The number of hydrogen-bond donors (Lipinski definition) is 2. The van der Waals surface area contributed by atoms with Gasteiger partial charge in [-0.1, -0.05) is 6.07 Å². The van der Waals surface area contributed by atoms with E-state index >= 15 is 0 Å². The first-order chi connectivity index (χ1) is 13.6. The molecule has 1 aromatic carbocycles. The van der Waals surface area contributed by atoms with Crippen molar-refractivity contribution in [1.29, 1.82) is 0 Å². The van der Waals surface area contributed by atoms with E-state index in [1.54, 1.807) is 27.7 Å². The Morgan fingerprint density at radius 1 is 1.28 bits per heavy atom. The van der Waals surface area contributed by atoms with Gasteiger partial charge in [0, 0.05) is 21.2 Å². The summed E-state index contributed by atoms with van der Waals surface area (Å²) in [5, 5.41) is 15.5. The fraction of sp³-hybridized carbons (Fsp3) is 0.381. The number of aliphatic hydroxyl groups is 1. The molecule has 0 bridgehead atoms. The molecule has 29 heavy (non-hydrogen) atoms.